The number of benzene rings is 2. The first-order valence-corrected chi connectivity index (χ1v) is 19.5. The minimum Gasteiger partial charge on any atom is -0.756 e. The summed E-state index contributed by atoms with van der Waals surface area (Å²) < 4.78 is 67.0. The van der Waals surface area contributed by atoms with Crippen LogP contribution in [-0.4, -0.2) is 49.6 Å². The maximum Gasteiger partial charge on any atom is 0.530 e. The van der Waals surface area contributed by atoms with Crippen LogP contribution in [-0.2, 0) is 49.9 Å². The summed E-state index contributed by atoms with van der Waals surface area (Å²) in [6.07, 6.45) is 5.51. The number of aryl methyl sites for hydroxylation is 2. The van der Waals surface area contributed by atoms with Crippen molar-refractivity contribution in [1.82, 2.24) is 19.1 Å². The standard InChI is InChI=1S/C34H34N4O15P2/c1-19-13-37(33(42)35-31(19)40)27-11-9-23(51-27)17-48-54(44,45)47-15-21-5-3-7-25(29(21)39)26-8-4-6-22-16-49-55(46,53-30(22)26)50-18-24-10-12-28(52-24)38-14-20(2)32(41)36-34(38)43/h3-14,23-24,27-28,39H,15-18H2,1-2H3,(H,44,45)(H,35,40,42)(H,36,41,43)/p-1/t23-,24-,27+,28+,55?/m0/s1. The van der Waals surface area contributed by atoms with E-state index in [2.05, 4.69) is 9.97 Å². The zero-order valence-corrected chi connectivity index (χ0v) is 30.8. The van der Waals surface area contributed by atoms with Crippen molar-refractivity contribution in [1.29, 1.82) is 0 Å². The van der Waals surface area contributed by atoms with Crippen LogP contribution in [0.5, 0.6) is 11.5 Å². The second-order valence-electron chi connectivity index (χ2n) is 12.6. The van der Waals surface area contributed by atoms with Gasteiger partial charge in [0.05, 0.1) is 26.4 Å². The van der Waals surface area contributed by atoms with Crippen LogP contribution in [0.15, 0.2) is 92.3 Å². The van der Waals surface area contributed by atoms with Gasteiger partial charge in [0, 0.05) is 45.8 Å². The van der Waals surface area contributed by atoms with E-state index in [-0.39, 0.29) is 41.4 Å². The minimum absolute atomic E-state index is 0.0719. The van der Waals surface area contributed by atoms with Crippen molar-refractivity contribution in [2.24, 2.45) is 0 Å². The van der Waals surface area contributed by atoms with Crippen molar-refractivity contribution >= 4 is 15.6 Å². The number of phosphoric acid groups is 2. The van der Waals surface area contributed by atoms with Crippen molar-refractivity contribution in [3.05, 3.63) is 137 Å². The monoisotopic (exact) mass is 799 g/mol. The Morgan fingerprint density at radius 3 is 2.07 bits per heavy atom. The second-order valence-corrected chi connectivity index (χ2v) is 15.6. The Kier molecular flexibility index (Phi) is 10.7. The highest BCUT2D eigenvalue weighted by Gasteiger charge is 2.37. The molecule has 0 fully saturated rings. The largest absolute Gasteiger partial charge is 0.756 e. The molecule has 55 heavy (non-hydrogen) atoms. The van der Waals surface area contributed by atoms with Crippen molar-refractivity contribution in [3.63, 3.8) is 0 Å². The summed E-state index contributed by atoms with van der Waals surface area (Å²) in [5.41, 5.74) is -0.775. The topological polar surface area (TPSA) is 252 Å². The molecular formula is C34H33N4O15P2-. The maximum absolute atomic E-state index is 13.6. The Bertz CT molecular complexity index is 2540. The van der Waals surface area contributed by atoms with Gasteiger partial charge in [-0.2, -0.15) is 0 Å². The minimum atomic E-state index is -4.95. The number of nitrogens with one attached hydrogen (secondary N) is 2. The number of aromatic nitrogens is 4. The number of rotatable bonds is 12. The number of hydrogen-bond acceptors (Lipinski definition) is 15. The number of ether oxygens (including phenoxy) is 2. The molecule has 3 N–H and O–H groups in total. The summed E-state index contributed by atoms with van der Waals surface area (Å²) in [6, 6.07) is 9.45. The van der Waals surface area contributed by atoms with Gasteiger partial charge in [0.25, 0.3) is 18.9 Å². The van der Waals surface area contributed by atoms with E-state index in [1.807, 2.05) is 0 Å². The van der Waals surface area contributed by atoms with E-state index >= 15 is 0 Å². The average Bonchev–Trinajstić information content (AvgIpc) is 3.83. The summed E-state index contributed by atoms with van der Waals surface area (Å²) in [4.78, 5) is 64.9. The Balaban J connectivity index is 0.970. The number of phenols is 1. The number of hydrogen-bond donors (Lipinski definition) is 3. The van der Waals surface area contributed by atoms with Gasteiger partial charge in [-0.1, -0.05) is 48.6 Å². The van der Waals surface area contributed by atoms with Gasteiger partial charge in [-0.05, 0) is 26.0 Å². The Labute approximate surface area is 310 Å². The number of aromatic hydroxyl groups is 1. The molecule has 0 aliphatic carbocycles. The van der Waals surface area contributed by atoms with Crippen molar-refractivity contribution < 1.29 is 51.2 Å². The third-order valence-electron chi connectivity index (χ3n) is 8.71. The molecule has 0 amide bonds. The van der Waals surface area contributed by atoms with Crippen molar-refractivity contribution in [2.45, 2.75) is 51.7 Å². The molecule has 5 heterocycles. The van der Waals surface area contributed by atoms with Crippen LogP contribution in [0.25, 0.3) is 11.1 Å². The summed E-state index contributed by atoms with van der Waals surface area (Å²) in [7, 11) is -9.19. The lowest BCUT2D eigenvalue weighted by molar-refractivity contribution is -0.228. The van der Waals surface area contributed by atoms with E-state index in [4.69, 9.17) is 32.1 Å². The molecule has 2 aromatic heterocycles. The fraction of sp³-hybridized carbons (Fsp3) is 0.294. The normalized spacial score (nSPS) is 24.1. The zero-order valence-electron chi connectivity index (χ0n) is 29.0. The van der Waals surface area contributed by atoms with E-state index in [9.17, 15) is 38.3 Å². The molecule has 0 radical (unpaired) electrons. The Morgan fingerprint density at radius 2 is 1.44 bits per heavy atom. The van der Waals surface area contributed by atoms with Crippen molar-refractivity contribution in [3.8, 4) is 22.6 Å². The number of phenolic OH excluding ortho intramolecular Hbond substituents is 1. The summed E-state index contributed by atoms with van der Waals surface area (Å²) in [5, 5.41) is 11.2. The Hall–Kier alpha value is -4.94. The van der Waals surface area contributed by atoms with Gasteiger partial charge in [0.1, 0.15) is 23.7 Å². The summed E-state index contributed by atoms with van der Waals surface area (Å²) in [6.45, 7) is 1.52. The van der Waals surface area contributed by atoms with Gasteiger partial charge in [-0.25, -0.2) is 14.2 Å². The third-order valence-corrected chi connectivity index (χ3v) is 10.9. The first-order chi connectivity index (χ1) is 26.2. The molecule has 21 heteroatoms. The lowest BCUT2D eigenvalue weighted by Gasteiger charge is -2.27. The van der Waals surface area contributed by atoms with Crippen LogP contribution >= 0.6 is 15.6 Å². The fourth-order valence-corrected chi connectivity index (χ4v) is 7.79. The quantitative estimate of drug-likeness (QED) is 0.138. The molecule has 0 spiro atoms. The van der Waals surface area contributed by atoms with Gasteiger partial charge in [0.2, 0.25) is 0 Å². The van der Waals surface area contributed by atoms with Crippen LogP contribution in [0.2, 0.25) is 0 Å². The summed E-state index contributed by atoms with van der Waals surface area (Å²) in [5.74, 6) is -0.252. The first-order valence-electron chi connectivity index (χ1n) is 16.6. The third kappa shape index (κ3) is 8.35. The molecule has 290 valence electrons. The predicted octanol–water partition coefficient (Wildman–Crippen LogP) is 2.72. The van der Waals surface area contributed by atoms with E-state index in [1.165, 1.54) is 42.1 Å². The first kappa shape index (κ1) is 38.3. The number of fused-ring (bicyclic) bond motifs is 1. The molecule has 2 unspecified atom stereocenters. The Morgan fingerprint density at radius 1 is 0.855 bits per heavy atom. The SMILES string of the molecule is Cc1cn([C@H]2C=C[C@@H](COP(=O)([O-])OCc3cccc(-c4cccc5c4OP(=O)(OC[C@@H]4C=C[C@H](n6cc(C)c(=O)[nH]c6=O)O4)OC5)c3O)O2)c(=O)[nH]c1=O. The molecule has 7 rings (SSSR count). The van der Waals surface area contributed by atoms with E-state index in [0.29, 0.717) is 16.7 Å². The molecule has 3 aliphatic rings. The molecular weight excluding hydrogens is 766 g/mol. The van der Waals surface area contributed by atoms with Crippen LogP contribution in [0.3, 0.4) is 0 Å². The number of para-hydroxylation sites is 2. The maximum atomic E-state index is 13.6. The zero-order chi connectivity index (χ0) is 39.1. The highest BCUT2D eigenvalue weighted by atomic mass is 31.2. The molecule has 4 aromatic rings. The van der Waals surface area contributed by atoms with Crippen molar-refractivity contribution in [2.75, 3.05) is 13.2 Å². The highest BCUT2D eigenvalue weighted by Crippen LogP contribution is 2.57. The second kappa shape index (κ2) is 15.3. The predicted molar refractivity (Wildman–Crippen MR) is 189 cm³/mol. The van der Waals surface area contributed by atoms with Gasteiger partial charge >= 0.3 is 19.2 Å². The van der Waals surface area contributed by atoms with E-state index in [1.54, 1.807) is 49.4 Å². The molecule has 6 atom stereocenters. The average molecular weight is 800 g/mol. The number of phosphoric ester groups is 2. The highest BCUT2D eigenvalue weighted by molar-refractivity contribution is 7.49. The van der Waals surface area contributed by atoms with Gasteiger partial charge in [0.15, 0.2) is 12.5 Å². The van der Waals surface area contributed by atoms with Crippen LogP contribution in [0, 0.1) is 13.8 Å². The van der Waals surface area contributed by atoms with Gasteiger partial charge in [-0.15, -0.1) is 0 Å². The van der Waals surface area contributed by atoms with Gasteiger partial charge in [-0.3, -0.25) is 42.3 Å². The van der Waals surface area contributed by atoms with Crippen LogP contribution in [0.4, 0.5) is 0 Å². The molecule has 3 aliphatic heterocycles. The van der Waals surface area contributed by atoms with Gasteiger partial charge < -0.3 is 33.0 Å². The molecule has 0 saturated carbocycles. The lowest BCUT2D eigenvalue weighted by Crippen LogP contribution is -2.33. The number of aromatic amines is 2. The smallest absolute Gasteiger partial charge is 0.530 e. The molecule has 19 nitrogen and oxygen atoms in total. The van der Waals surface area contributed by atoms with Crippen LogP contribution < -0.4 is 31.9 Å². The van der Waals surface area contributed by atoms with Crippen LogP contribution in [0.1, 0.15) is 34.7 Å². The molecule has 2 aromatic carbocycles. The fourth-order valence-electron chi connectivity index (χ4n) is 5.84. The van der Waals surface area contributed by atoms with E-state index < -0.39 is 76.0 Å². The summed E-state index contributed by atoms with van der Waals surface area (Å²) >= 11 is 0. The molecule has 0 saturated heterocycles. The number of nitrogens with zero attached hydrogens (tertiary/aromatic N) is 2. The lowest BCUT2D eigenvalue weighted by atomic mass is 9.98. The number of H-pyrrole nitrogens is 2. The molecule has 0 bridgehead atoms. The van der Waals surface area contributed by atoms with E-state index in [0.717, 1.165) is 4.57 Å².